The van der Waals surface area contributed by atoms with Crippen molar-refractivity contribution in [1.29, 1.82) is 0 Å². The van der Waals surface area contributed by atoms with Gasteiger partial charge < -0.3 is 19.0 Å². The number of fused-ring (bicyclic) bond motifs is 2. The monoisotopic (exact) mass is 534 g/mol. The summed E-state index contributed by atoms with van der Waals surface area (Å²) in [5.74, 6) is -1.92. The van der Waals surface area contributed by atoms with E-state index in [9.17, 15) is 24.8 Å². The zero-order valence-electron chi connectivity index (χ0n) is 21.8. The number of rotatable bonds is 13. The Morgan fingerprint density at radius 2 is 1.92 bits per heavy atom. The van der Waals surface area contributed by atoms with Gasteiger partial charge in [0.25, 0.3) is 5.69 Å². The summed E-state index contributed by atoms with van der Waals surface area (Å²) in [4.78, 5) is 38.7. The predicted octanol–water partition coefficient (Wildman–Crippen LogP) is 6.54. The number of non-ortho nitro benzene ring substituents is 1. The first-order valence-electron chi connectivity index (χ1n) is 12.9. The zero-order valence-corrected chi connectivity index (χ0v) is 21.8. The molecule has 1 heterocycles. The molecule has 0 amide bonds. The molecule has 204 valence electrons. The molecule has 0 aliphatic heterocycles. The number of hydrogen-bond donors (Lipinski definition) is 1. The fraction of sp³-hybridized carbons (Fsp3) is 0.345. The number of esters is 1. The third-order valence-corrected chi connectivity index (χ3v) is 6.55. The van der Waals surface area contributed by atoms with Crippen LogP contribution in [-0.2, 0) is 14.3 Å². The van der Waals surface area contributed by atoms with E-state index in [0.29, 0.717) is 55.0 Å². The Balaban J connectivity index is 1.34. The van der Waals surface area contributed by atoms with Gasteiger partial charge in [0.05, 0.1) is 23.7 Å². The van der Waals surface area contributed by atoms with Gasteiger partial charge in [-0.25, -0.2) is 4.98 Å². The van der Waals surface area contributed by atoms with E-state index in [1.807, 2.05) is 43.3 Å². The molecule has 0 aliphatic rings. The van der Waals surface area contributed by atoms with Gasteiger partial charge >= 0.3 is 11.9 Å². The van der Waals surface area contributed by atoms with E-state index in [1.165, 1.54) is 12.1 Å². The Morgan fingerprint density at radius 1 is 1.10 bits per heavy atom. The Labute approximate surface area is 224 Å². The number of carbonyl (C=O) groups is 2. The summed E-state index contributed by atoms with van der Waals surface area (Å²) in [5.41, 5.74) is 1.58. The molecular weight excluding hydrogens is 504 g/mol. The van der Waals surface area contributed by atoms with Crippen LogP contribution in [0, 0.1) is 16.0 Å². The number of nitro benzene ring substituents is 1. The maximum Gasteiger partial charge on any atom is 0.320 e. The molecule has 39 heavy (non-hydrogen) atoms. The fourth-order valence-corrected chi connectivity index (χ4v) is 4.20. The van der Waals surface area contributed by atoms with Crippen LogP contribution in [-0.4, -0.2) is 39.7 Å². The van der Waals surface area contributed by atoms with Crippen LogP contribution in [0.15, 0.2) is 59.0 Å². The number of benzene rings is 3. The van der Waals surface area contributed by atoms with E-state index in [1.54, 1.807) is 13.0 Å². The van der Waals surface area contributed by atoms with Crippen LogP contribution in [0.4, 0.5) is 5.69 Å². The Kier molecular flexibility index (Phi) is 8.75. The molecule has 3 aromatic carbocycles. The SMILES string of the molecule is CCC(C)OC(=O)C(CCCCCOc1ccc2c(-c3nc4ccc([N+](=O)[O-])cc4o3)cccc2c1)C(=O)O. The molecule has 0 saturated carbocycles. The number of carbonyl (C=O) groups excluding carboxylic acids is 1. The van der Waals surface area contributed by atoms with E-state index in [0.717, 1.165) is 16.3 Å². The molecule has 0 bridgehead atoms. The van der Waals surface area contributed by atoms with Crippen molar-refractivity contribution >= 4 is 39.5 Å². The van der Waals surface area contributed by atoms with Crippen LogP contribution in [0.25, 0.3) is 33.3 Å². The first kappa shape index (κ1) is 27.6. The number of nitrogens with zero attached hydrogens (tertiary/aromatic N) is 2. The largest absolute Gasteiger partial charge is 0.494 e. The summed E-state index contributed by atoms with van der Waals surface area (Å²) >= 11 is 0. The number of hydrogen-bond acceptors (Lipinski definition) is 8. The minimum atomic E-state index is -1.16. The summed E-state index contributed by atoms with van der Waals surface area (Å²) in [6.07, 6.45) is 2.56. The summed E-state index contributed by atoms with van der Waals surface area (Å²) < 4.78 is 16.9. The van der Waals surface area contributed by atoms with E-state index in [4.69, 9.17) is 13.9 Å². The molecule has 0 aliphatic carbocycles. The molecule has 0 radical (unpaired) electrons. The van der Waals surface area contributed by atoms with Crippen LogP contribution in [0.2, 0.25) is 0 Å². The van der Waals surface area contributed by atoms with Crippen LogP contribution in [0.5, 0.6) is 5.75 Å². The molecule has 10 heteroatoms. The van der Waals surface area contributed by atoms with E-state index in [-0.39, 0.29) is 18.2 Å². The van der Waals surface area contributed by atoms with Crippen molar-refractivity contribution in [3.05, 3.63) is 64.7 Å². The van der Waals surface area contributed by atoms with E-state index >= 15 is 0 Å². The van der Waals surface area contributed by atoms with Crippen molar-refractivity contribution in [1.82, 2.24) is 4.98 Å². The zero-order chi connectivity index (χ0) is 27.9. The minimum absolute atomic E-state index is 0.0595. The number of aliphatic carboxylic acids is 1. The second-order valence-corrected chi connectivity index (χ2v) is 9.36. The number of unbranched alkanes of at least 4 members (excludes halogenated alkanes) is 2. The molecule has 2 atom stereocenters. The van der Waals surface area contributed by atoms with Crippen molar-refractivity contribution in [2.75, 3.05) is 6.61 Å². The molecule has 10 nitrogen and oxygen atoms in total. The van der Waals surface area contributed by atoms with E-state index < -0.39 is 22.8 Å². The minimum Gasteiger partial charge on any atom is -0.494 e. The fourth-order valence-electron chi connectivity index (χ4n) is 4.20. The van der Waals surface area contributed by atoms with Crippen LogP contribution in [0.1, 0.15) is 46.0 Å². The first-order chi connectivity index (χ1) is 18.8. The van der Waals surface area contributed by atoms with Gasteiger partial charge in [0.15, 0.2) is 11.5 Å². The summed E-state index contributed by atoms with van der Waals surface area (Å²) in [7, 11) is 0. The lowest BCUT2D eigenvalue weighted by atomic mass is 10.0. The highest BCUT2D eigenvalue weighted by atomic mass is 16.6. The molecular formula is C29H30N2O8. The number of carboxylic acids is 1. The highest BCUT2D eigenvalue weighted by molar-refractivity contribution is 5.96. The topological polar surface area (TPSA) is 142 Å². The number of ether oxygens (including phenoxy) is 2. The molecule has 4 rings (SSSR count). The lowest BCUT2D eigenvalue weighted by molar-refractivity contribution is -0.384. The number of oxazole rings is 1. The Bertz CT molecular complexity index is 1500. The molecule has 0 spiro atoms. The summed E-state index contributed by atoms with van der Waals surface area (Å²) in [5, 5.41) is 22.2. The third kappa shape index (κ3) is 6.70. The number of nitro groups is 1. The van der Waals surface area contributed by atoms with Crippen molar-refractivity contribution in [2.24, 2.45) is 5.92 Å². The average Bonchev–Trinajstić information content (AvgIpc) is 3.35. The normalized spacial score (nSPS) is 12.8. The molecule has 0 fully saturated rings. The van der Waals surface area contributed by atoms with Gasteiger partial charge in [-0.15, -0.1) is 0 Å². The maximum atomic E-state index is 12.1. The predicted molar refractivity (Wildman–Crippen MR) is 145 cm³/mol. The van der Waals surface area contributed by atoms with Crippen molar-refractivity contribution in [3.8, 4) is 17.2 Å². The Morgan fingerprint density at radius 3 is 2.67 bits per heavy atom. The van der Waals surface area contributed by atoms with Gasteiger partial charge in [-0.2, -0.15) is 0 Å². The third-order valence-electron chi connectivity index (χ3n) is 6.55. The van der Waals surface area contributed by atoms with Crippen molar-refractivity contribution in [3.63, 3.8) is 0 Å². The standard InChI is InChI=1S/C29H30N2O8/c1-3-18(2)38-29(34)24(28(32)33)9-5-4-6-15-37-21-12-13-22-19(16-21)8-7-10-23(22)27-30-25-14-11-20(31(35)36)17-26(25)39-27/h7-8,10-14,16-18,24H,3-6,9,15H2,1-2H3,(H,32,33). The lowest BCUT2D eigenvalue weighted by Crippen LogP contribution is -2.28. The summed E-state index contributed by atoms with van der Waals surface area (Å²) in [6.45, 7) is 4.06. The quantitative estimate of drug-likeness (QED) is 0.0665. The second kappa shape index (κ2) is 12.4. The maximum absolute atomic E-state index is 12.1. The molecule has 0 saturated heterocycles. The number of aromatic nitrogens is 1. The van der Waals surface area contributed by atoms with Gasteiger partial charge in [0.2, 0.25) is 5.89 Å². The average molecular weight is 535 g/mol. The van der Waals surface area contributed by atoms with Crippen LogP contribution in [0.3, 0.4) is 0 Å². The van der Waals surface area contributed by atoms with Crippen LogP contribution < -0.4 is 4.74 Å². The van der Waals surface area contributed by atoms with Gasteiger partial charge in [0, 0.05) is 11.6 Å². The van der Waals surface area contributed by atoms with Gasteiger partial charge in [-0.1, -0.05) is 31.9 Å². The van der Waals surface area contributed by atoms with Gasteiger partial charge in [0.1, 0.15) is 11.3 Å². The van der Waals surface area contributed by atoms with E-state index in [2.05, 4.69) is 4.98 Å². The molecule has 1 N–H and O–H groups in total. The second-order valence-electron chi connectivity index (χ2n) is 9.36. The highest BCUT2D eigenvalue weighted by Crippen LogP contribution is 2.33. The number of carboxylic acid groups (broad SMARTS) is 1. The first-order valence-corrected chi connectivity index (χ1v) is 12.9. The van der Waals surface area contributed by atoms with Crippen molar-refractivity contribution in [2.45, 2.75) is 52.1 Å². The smallest absolute Gasteiger partial charge is 0.320 e. The molecule has 2 unspecified atom stereocenters. The Hall–Kier alpha value is -4.47. The highest BCUT2D eigenvalue weighted by Gasteiger charge is 2.28. The molecule has 4 aromatic rings. The van der Waals surface area contributed by atoms with Crippen LogP contribution >= 0.6 is 0 Å². The summed E-state index contributed by atoms with van der Waals surface area (Å²) in [6, 6.07) is 15.7. The lowest BCUT2D eigenvalue weighted by Gasteiger charge is -2.15. The molecule has 1 aromatic heterocycles. The van der Waals surface area contributed by atoms with Gasteiger partial charge in [-0.3, -0.25) is 19.7 Å². The van der Waals surface area contributed by atoms with Gasteiger partial charge in [-0.05, 0) is 67.3 Å². The van der Waals surface area contributed by atoms with Crippen molar-refractivity contribution < 1.29 is 33.5 Å².